The van der Waals surface area contributed by atoms with Crippen LogP contribution >= 0.6 is 0 Å². The number of rotatable bonds is 3. The van der Waals surface area contributed by atoms with E-state index >= 15 is 0 Å². The molecule has 2 aromatic rings. The van der Waals surface area contributed by atoms with Crippen molar-refractivity contribution in [3.8, 4) is 11.1 Å². The third-order valence-electron chi connectivity index (χ3n) is 4.62. The van der Waals surface area contributed by atoms with Gasteiger partial charge in [0.05, 0.1) is 6.04 Å². The number of likely N-dealkylation sites (tertiary alicyclic amines) is 1. The van der Waals surface area contributed by atoms with Crippen LogP contribution < -0.4 is 5.73 Å². The van der Waals surface area contributed by atoms with E-state index in [4.69, 9.17) is 5.73 Å². The number of nitrogens with zero attached hydrogens (tertiary/aromatic N) is 1. The second kappa shape index (κ2) is 6.32. The summed E-state index contributed by atoms with van der Waals surface area (Å²) >= 11 is 0. The molecule has 3 rings (SSSR count). The van der Waals surface area contributed by atoms with E-state index in [0.29, 0.717) is 0 Å². The maximum Gasteiger partial charge on any atom is 0.235 e. The molecule has 2 aromatic carbocycles. The number of benzene rings is 2. The molecule has 0 bridgehead atoms. The summed E-state index contributed by atoms with van der Waals surface area (Å²) in [6.45, 7) is 0.937. The van der Waals surface area contributed by atoms with Crippen molar-refractivity contribution < 1.29 is 4.79 Å². The molecule has 1 amide bonds. The summed E-state index contributed by atoms with van der Waals surface area (Å²) in [5.41, 5.74) is 9.24. The van der Waals surface area contributed by atoms with Crippen LogP contribution in [0.2, 0.25) is 0 Å². The highest BCUT2D eigenvalue weighted by molar-refractivity contribution is 5.81. The van der Waals surface area contributed by atoms with Gasteiger partial charge in [-0.3, -0.25) is 9.69 Å². The molecule has 1 heterocycles. The number of carbonyl (C=O) groups excluding carboxylic acids is 1. The molecule has 0 saturated carbocycles. The molecule has 3 heteroatoms. The zero-order chi connectivity index (χ0) is 15.5. The van der Waals surface area contributed by atoms with Crippen molar-refractivity contribution in [2.24, 2.45) is 5.73 Å². The molecule has 0 aromatic heterocycles. The van der Waals surface area contributed by atoms with Crippen molar-refractivity contribution in [1.29, 1.82) is 0 Å². The van der Waals surface area contributed by atoms with Gasteiger partial charge in [-0.1, -0.05) is 54.6 Å². The van der Waals surface area contributed by atoms with Gasteiger partial charge in [-0.05, 0) is 43.1 Å². The molecule has 2 atom stereocenters. The van der Waals surface area contributed by atoms with Gasteiger partial charge in [0.15, 0.2) is 0 Å². The Kier molecular flexibility index (Phi) is 4.25. The zero-order valence-corrected chi connectivity index (χ0v) is 12.9. The maximum absolute atomic E-state index is 11.8. The Labute approximate surface area is 131 Å². The summed E-state index contributed by atoms with van der Waals surface area (Å²) in [7, 11) is 1.99. The molecule has 0 radical (unpaired) electrons. The first-order chi connectivity index (χ1) is 10.7. The minimum Gasteiger partial charge on any atom is -0.368 e. The highest BCUT2D eigenvalue weighted by atomic mass is 16.1. The molecule has 1 aliphatic rings. The van der Waals surface area contributed by atoms with Crippen LogP contribution in [0.25, 0.3) is 11.1 Å². The van der Waals surface area contributed by atoms with Gasteiger partial charge >= 0.3 is 0 Å². The smallest absolute Gasteiger partial charge is 0.235 e. The molecule has 0 aliphatic carbocycles. The predicted octanol–water partition coefficient (Wildman–Crippen LogP) is 3.02. The van der Waals surface area contributed by atoms with Gasteiger partial charge in [0, 0.05) is 5.92 Å². The first-order valence-electron chi connectivity index (χ1n) is 7.82. The fraction of sp³-hybridized carbons (Fsp3) is 0.316. The third-order valence-corrected chi connectivity index (χ3v) is 4.62. The lowest BCUT2D eigenvalue weighted by Crippen LogP contribution is -2.49. The molecular formula is C19H22N2O. The van der Waals surface area contributed by atoms with E-state index in [9.17, 15) is 4.79 Å². The minimum atomic E-state index is -0.223. The van der Waals surface area contributed by atoms with Crippen LogP contribution in [-0.2, 0) is 4.79 Å². The first kappa shape index (κ1) is 14.8. The SMILES string of the molecule is CN1CCC[C@H](c2ccc(-c3ccccc3)cc2)[C@H]1C(N)=O. The Morgan fingerprint density at radius 1 is 1.05 bits per heavy atom. The molecule has 2 N–H and O–H groups in total. The molecular weight excluding hydrogens is 272 g/mol. The van der Waals surface area contributed by atoms with E-state index in [1.807, 2.05) is 25.2 Å². The van der Waals surface area contributed by atoms with E-state index in [1.165, 1.54) is 16.7 Å². The predicted molar refractivity (Wildman–Crippen MR) is 89.5 cm³/mol. The molecule has 22 heavy (non-hydrogen) atoms. The van der Waals surface area contributed by atoms with Crippen LogP contribution in [0.15, 0.2) is 54.6 Å². The van der Waals surface area contributed by atoms with Crippen LogP contribution in [0.1, 0.15) is 24.3 Å². The lowest BCUT2D eigenvalue weighted by Gasteiger charge is -2.37. The lowest BCUT2D eigenvalue weighted by molar-refractivity contribution is -0.124. The summed E-state index contributed by atoms with van der Waals surface area (Å²) < 4.78 is 0. The van der Waals surface area contributed by atoms with Gasteiger partial charge in [-0.25, -0.2) is 0 Å². The monoisotopic (exact) mass is 294 g/mol. The van der Waals surface area contributed by atoms with Gasteiger partial charge in [0.2, 0.25) is 5.91 Å². The van der Waals surface area contributed by atoms with Crippen LogP contribution in [-0.4, -0.2) is 30.4 Å². The largest absolute Gasteiger partial charge is 0.368 e. The fourth-order valence-corrected chi connectivity index (χ4v) is 3.48. The molecule has 1 fully saturated rings. The number of carbonyl (C=O) groups is 1. The van der Waals surface area contributed by atoms with Crippen LogP contribution in [0.3, 0.4) is 0 Å². The number of likely N-dealkylation sites (N-methyl/N-ethyl adjacent to an activating group) is 1. The lowest BCUT2D eigenvalue weighted by atomic mass is 9.83. The van der Waals surface area contributed by atoms with Gasteiger partial charge in [0.1, 0.15) is 0 Å². The van der Waals surface area contributed by atoms with Gasteiger partial charge in [-0.2, -0.15) is 0 Å². The molecule has 114 valence electrons. The van der Waals surface area contributed by atoms with Crippen molar-refractivity contribution in [3.63, 3.8) is 0 Å². The molecule has 1 aliphatic heterocycles. The van der Waals surface area contributed by atoms with Crippen molar-refractivity contribution in [3.05, 3.63) is 60.2 Å². The average Bonchev–Trinajstić information content (AvgIpc) is 2.55. The number of piperidine rings is 1. The van der Waals surface area contributed by atoms with E-state index in [-0.39, 0.29) is 17.9 Å². The zero-order valence-electron chi connectivity index (χ0n) is 12.9. The Bertz CT molecular complexity index is 636. The summed E-state index contributed by atoms with van der Waals surface area (Å²) in [5, 5.41) is 0. The maximum atomic E-state index is 11.8. The number of amides is 1. The summed E-state index contributed by atoms with van der Waals surface area (Å²) in [4.78, 5) is 13.9. The Morgan fingerprint density at radius 3 is 2.32 bits per heavy atom. The molecule has 0 unspecified atom stereocenters. The number of primary amides is 1. The Balaban J connectivity index is 1.87. The van der Waals surface area contributed by atoms with Crippen molar-refractivity contribution in [1.82, 2.24) is 4.90 Å². The second-order valence-electron chi connectivity index (χ2n) is 6.06. The van der Waals surface area contributed by atoms with Crippen molar-refractivity contribution >= 4 is 5.91 Å². The fourth-order valence-electron chi connectivity index (χ4n) is 3.48. The van der Waals surface area contributed by atoms with E-state index in [0.717, 1.165) is 19.4 Å². The Morgan fingerprint density at radius 2 is 1.68 bits per heavy atom. The normalized spacial score (nSPS) is 22.4. The van der Waals surface area contributed by atoms with Crippen molar-refractivity contribution in [2.75, 3.05) is 13.6 Å². The van der Waals surface area contributed by atoms with Gasteiger partial charge in [0.25, 0.3) is 0 Å². The second-order valence-corrected chi connectivity index (χ2v) is 6.06. The molecule has 3 nitrogen and oxygen atoms in total. The van der Waals surface area contributed by atoms with E-state index in [1.54, 1.807) is 0 Å². The number of nitrogens with two attached hydrogens (primary N) is 1. The third kappa shape index (κ3) is 2.90. The van der Waals surface area contributed by atoms with Gasteiger partial charge < -0.3 is 5.73 Å². The molecule has 1 saturated heterocycles. The van der Waals surface area contributed by atoms with Crippen LogP contribution in [0.4, 0.5) is 0 Å². The first-order valence-corrected chi connectivity index (χ1v) is 7.82. The number of hydrogen-bond donors (Lipinski definition) is 1. The summed E-state index contributed by atoms with van der Waals surface area (Å²) in [6, 6.07) is 18.7. The highest BCUT2D eigenvalue weighted by Crippen LogP contribution is 2.33. The van der Waals surface area contributed by atoms with E-state index in [2.05, 4.69) is 41.3 Å². The minimum absolute atomic E-state index is 0.195. The number of hydrogen-bond acceptors (Lipinski definition) is 2. The Hall–Kier alpha value is -2.13. The standard InChI is InChI=1S/C19H22N2O/c1-21-13-5-8-17(18(21)19(20)22)16-11-9-15(10-12-16)14-6-3-2-4-7-14/h2-4,6-7,9-12,17-18H,5,8,13H2,1H3,(H2,20,22)/t17-,18+/m1/s1. The van der Waals surface area contributed by atoms with Crippen molar-refractivity contribution in [2.45, 2.75) is 24.8 Å². The molecule has 0 spiro atoms. The van der Waals surface area contributed by atoms with E-state index < -0.39 is 0 Å². The summed E-state index contributed by atoms with van der Waals surface area (Å²) in [5.74, 6) is -0.0274. The quantitative estimate of drug-likeness (QED) is 0.946. The highest BCUT2D eigenvalue weighted by Gasteiger charge is 2.34. The van der Waals surface area contributed by atoms with Crippen LogP contribution in [0.5, 0.6) is 0 Å². The van der Waals surface area contributed by atoms with Crippen LogP contribution in [0, 0.1) is 0 Å². The van der Waals surface area contributed by atoms with Gasteiger partial charge in [-0.15, -0.1) is 0 Å². The summed E-state index contributed by atoms with van der Waals surface area (Å²) in [6.07, 6.45) is 2.12. The topological polar surface area (TPSA) is 46.3 Å². The average molecular weight is 294 g/mol.